The normalized spacial score (nSPS) is 19.5. The van der Waals surface area contributed by atoms with E-state index in [-0.39, 0.29) is 24.3 Å². The van der Waals surface area contributed by atoms with Gasteiger partial charge in [-0.05, 0) is 54.3 Å². The van der Waals surface area contributed by atoms with Crippen molar-refractivity contribution in [3.8, 4) is 0 Å². The third-order valence-electron chi connectivity index (χ3n) is 8.80. The fourth-order valence-corrected chi connectivity index (χ4v) is 6.61. The zero-order valence-corrected chi connectivity index (χ0v) is 26.7. The number of aliphatic hydroxyl groups excluding tert-OH is 1. The Hall–Kier alpha value is -4.12. The highest BCUT2D eigenvalue weighted by Gasteiger charge is 2.52. The summed E-state index contributed by atoms with van der Waals surface area (Å²) in [5, 5.41) is 30.5. The number of hydrogen-bond acceptors (Lipinski definition) is 6. The molecule has 0 bridgehead atoms. The number of hydrogen-bond donors (Lipinski definition) is 2. The molecular formula is C35H36BrN5O4. The summed E-state index contributed by atoms with van der Waals surface area (Å²) in [6.45, 7) is 3.37. The van der Waals surface area contributed by atoms with E-state index in [9.17, 15) is 19.8 Å². The van der Waals surface area contributed by atoms with Crippen molar-refractivity contribution in [3.05, 3.63) is 118 Å². The second kappa shape index (κ2) is 13.1. The van der Waals surface area contributed by atoms with Crippen LogP contribution in [0.2, 0.25) is 0 Å². The molecule has 1 fully saturated rings. The lowest BCUT2D eigenvalue weighted by Gasteiger charge is -2.28. The molecule has 1 unspecified atom stereocenters. The largest absolute Gasteiger partial charge is 0.395 e. The molecule has 0 radical (unpaired) electrons. The summed E-state index contributed by atoms with van der Waals surface area (Å²) >= 11 is 3.52. The van der Waals surface area contributed by atoms with Crippen LogP contribution in [0.15, 0.2) is 95.6 Å². The first kappa shape index (κ1) is 30.9. The molecular weight excluding hydrogens is 634 g/mol. The predicted octanol–water partition coefficient (Wildman–Crippen LogP) is 5.31. The second-order valence-corrected chi connectivity index (χ2v) is 12.6. The van der Waals surface area contributed by atoms with E-state index in [0.717, 1.165) is 34.3 Å². The molecule has 2 N–H and O–H groups in total. The summed E-state index contributed by atoms with van der Waals surface area (Å²) < 4.78 is 2.52. The van der Waals surface area contributed by atoms with Crippen molar-refractivity contribution in [1.29, 1.82) is 0 Å². The van der Waals surface area contributed by atoms with E-state index >= 15 is 0 Å². The van der Waals surface area contributed by atoms with Gasteiger partial charge in [0.15, 0.2) is 5.60 Å². The number of aryl methyl sites for hydroxylation is 1. The average Bonchev–Trinajstić information content (AvgIpc) is 3.75. The molecule has 10 heteroatoms. The molecule has 0 saturated carbocycles. The molecule has 1 saturated heterocycles. The van der Waals surface area contributed by atoms with Crippen LogP contribution in [0.3, 0.4) is 0 Å². The van der Waals surface area contributed by atoms with Gasteiger partial charge in [0.2, 0.25) is 5.91 Å². The third kappa shape index (κ3) is 6.10. The van der Waals surface area contributed by atoms with Crippen LogP contribution in [0.4, 0.5) is 11.4 Å². The van der Waals surface area contributed by atoms with Crippen LogP contribution in [0.1, 0.15) is 54.5 Å². The maximum atomic E-state index is 14.0. The lowest BCUT2D eigenvalue weighted by atomic mass is 9.83. The van der Waals surface area contributed by atoms with Gasteiger partial charge in [0.1, 0.15) is 0 Å². The van der Waals surface area contributed by atoms with Crippen molar-refractivity contribution in [2.45, 2.75) is 50.8 Å². The van der Waals surface area contributed by atoms with Gasteiger partial charge >= 0.3 is 0 Å². The molecule has 3 heterocycles. The minimum Gasteiger partial charge on any atom is -0.395 e. The van der Waals surface area contributed by atoms with Gasteiger partial charge in [-0.25, -0.2) is 0 Å². The molecule has 0 aliphatic carbocycles. The summed E-state index contributed by atoms with van der Waals surface area (Å²) in [5.74, 6) is -0.987. The van der Waals surface area contributed by atoms with Crippen LogP contribution >= 0.6 is 15.9 Å². The first-order chi connectivity index (χ1) is 21.8. The first-order valence-corrected chi connectivity index (χ1v) is 16.0. The Labute approximate surface area is 270 Å². The monoisotopic (exact) mass is 669 g/mol. The number of carbonyl (C=O) groups is 2. The second-order valence-electron chi connectivity index (χ2n) is 11.7. The number of aliphatic hydroxyl groups is 2. The van der Waals surface area contributed by atoms with Gasteiger partial charge in [-0.3, -0.25) is 14.3 Å². The van der Waals surface area contributed by atoms with Crippen molar-refractivity contribution in [2.24, 2.45) is 5.92 Å². The Balaban J connectivity index is 1.14. The van der Waals surface area contributed by atoms with Crippen molar-refractivity contribution < 1.29 is 19.8 Å². The molecule has 2 aliphatic rings. The van der Waals surface area contributed by atoms with Gasteiger partial charge in [0.05, 0.1) is 30.5 Å². The fraction of sp³-hybridized carbons (Fsp3) is 0.314. The average molecular weight is 671 g/mol. The predicted molar refractivity (Wildman–Crippen MR) is 176 cm³/mol. The number of amides is 2. The standard InChI is InChI=1S/C35H36BrN5O4/c1-24(8-5-6-18-39-22-31(37-38-39)29(23-42)26-9-3-2-4-10-26)35(45)30-20-27(36)14-17-32(30)41(34(35)44)21-25-12-15-28(16-13-25)40-19-7-11-33(40)43/h2-5,8-10,12-17,20,22,24,29,42,45H,6-7,11,18-19,21,23H2,1H3/b8-5+/t24-,29?,35+/m0/s1. The Morgan fingerprint density at radius 1 is 1.07 bits per heavy atom. The van der Waals surface area contributed by atoms with Crippen LogP contribution in [0.5, 0.6) is 0 Å². The highest BCUT2D eigenvalue weighted by Crippen LogP contribution is 2.46. The van der Waals surface area contributed by atoms with E-state index in [1.807, 2.05) is 98.1 Å². The smallest absolute Gasteiger partial charge is 0.264 e. The number of fused-ring (bicyclic) bond motifs is 1. The van der Waals surface area contributed by atoms with E-state index in [4.69, 9.17) is 0 Å². The van der Waals surface area contributed by atoms with Gasteiger partial charge in [0.25, 0.3) is 5.91 Å². The van der Waals surface area contributed by atoms with Crippen molar-refractivity contribution in [3.63, 3.8) is 0 Å². The van der Waals surface area contributed by atoms with Crippen LogP contribution < -0.4 is 9.80 Å². The Bertz CT molecular complexity index is 1710. The zero-order valence-electron chi connectivity index (χ0n) is 25.1. The van der Waals surface area contributed by atoms with Crippen LogP contribution in [-0.2, 0) is 28.3 Å². The van der Waals surface area contributed by atoms with Crippen LogP contribution in [-0.4, -0.2) is 50.2 Å². The van der Waals surface area contributed by atoms with Crippen LogP contribution in [0.25, 0.3) is 0 Å². The van der Waals surface area contributed by atoms with E-state index < -0.39 is 11.5 Å². The van der Waals surface area contributed by atoms with Gasteiger partial charge in [-0.15, -0.1) is 5.10 Å². The number of anilines is 2. The van der Waals surface area contributed by atoms with Gasteiger partial charge < -0.3 is 20.0 Å². The lowest BCUT2D eigenvalue weighted by molar-refractivity contribution is -0.139. The maximum absolute atomic E-state index is 14.0. The van der Waals surface area contributed by atoms with E-state index in [1.165, 1.54) is 0 Å². The summed E-state index contributed by atoms with van der Waals surface area (Å²) in [5.41, 5.74) is 2.96. The molecule has 0 spiro atoms. The number of halogens is 1. The summed E-state index contributed by atoms with van der Waals surface area (Å²) in [6, 6.07) is 23.0. The SMILES string of the molecule is C[C@@H](/C=C/CCn1cc(C(CO)c2ccccc2)nn1)[C@]1(O)C(=O)N(Cc2ccc(N3CCCC3=O)cc2)c2ccc(Br)cc21. The lowest BCUT2D eigenvalue weighted by Crippen LogP contribution is -2.44. The Morgan fingerprint density at radius 3 is 2.56 bits per heavy atom. The summed E-state index contributed by atoms with van der Waals surface area (Å²) in [7, 11) is 0. The molecule has 232 valence electrons. The number of allylic oxidation sites excluding steroid dienone is 1. The first-order valence-electron chi connectivity index (χ1n) is 15.3. The molecule has 3 aromatic carbocycles. The van der Waals surface area contributed by atoms with Gasteiger partial charge in [-0.1, -0.05) is 82.7 Å². The minimum absolute atomic E-state index is 0.0632. The molecule has 45 heavy (non-hydrogen) atoms. The number of carbonyl (C=O) groups excluding carboxylic acids is 2. The molecule has 9 nitrogen and oxygen atoms in total. The molecule has 2 aliphatic heterocycles. The number of rotatable bonds is 11. The highest BCUT2D eigenvalue weighted by atomic mass is 79.9. The molecule has 2 amide bonds. The summed E-state index contributed by atoms with van der Waals surface area (Å²) in [6.07, 6.45) is 7.74. The Kier molecular flexibility index (Phi) is 8.98. The molecule has 6 rings (SSSR count). The third-order valence-corrected chi connectivity index (χ3v) is 9.29. The van der Waals surface area contributed by atoms with E-state index in [0.29, 0.717) is 42.9 Å². The number of benzene rings is 3. The van der Waals surface area contributed by atoms with Gasteiger partial charge in [-0.2, -0.15) is 0 Å². The van der Waals surface area contributed by atoms with Crippen molar-refractivity contribution in [1.82, 2.24) is 15.0 Å². The Morgan fingerprint density at radius 2 is 1.84 bits per heavy atom. The van der Waals surface area contributed by atoms with Crippen molar-refractivity contribution >= 4 is 39.1 Å². The summed E-state index contributed by atoms with van der Waals surface area (Å²) in [4.78, 5) is 29.5. The van der Waals surface area contributed by atoms with E-state index in [2.05, 4.69) is 26.2 Å². The van der Waals surface area contributed by atoms with Gasteiger partial charge in [0, 0.05) is 47.3 Å². The fourth-order valence-electron chi connectivity index (χ4n) is 6.25. The number of nitrogens with zero attached hydrogens (tertiary/aromatic N) is 5. The molecule has 1 aromatic heterocycles. The topological polar surface area (TPSA) is 112 Å². The zero-order chi connectivity index (χ0) is 31.6. The van der Waals surface area contributed by atoms with Crippen molar-refractivity contribution in [2.75, 3.05) is 23.0 Å². The highest BCUT2D eigenvalue weighted by molar-refractivity contribution is 9.10. The van der Waals surface area contributed by atoms with Crippen LogP contribution in [0, 0.1) is 5.92 Å². The minimum atomic E-state index is -1.73. The molecule has 4 aromatic rings. The maximum Gasteiger partial charge on any atom is 0.264 e. The number of aromatic nitrogens is 3. The van der Waals surface area contributed by atoms with E-state index in [1.54, 1.807) is 14.5 Å². The quantitative estimate of drug-likeness (QED) is 0.210. The molecule has 3 atom stereocenters.